The monoisotopic (exact) mass is 427 g/mol. The molecular formula is C21H18FN3O2S2. The molecule has 4 aromatic rings. The molecule has 0 N–H and O–H groups in total. The Morgan fingerprint density at radius 2 is 1.90 bits per heavy atom. The molecular weight excluding hydrogens is 409 g/mol. The van der Waals surface area contributed by atoms with Gasteiger partial charge in [0.15, 0.2) is 17.7 Å². The number of benzene rings is 2. The Labute approximate surface area is 176 Å². The van der Waals surface area contributed by atoms with Gasteiger partial charge in [-0.05, 0) is 24.6 Å². The number of hydrogen-bond acceptors (Lipinski definition) is 7. The lowest BCUT2D eigenvalue weighted by molar-refractivity contribution is 0.174. The van der Waals surface area contributed by atoms with Crippen molar-refractivity contribution in [3.8, 4) is 5.75 Å². The van der Waals surface area contributed by atoms with E-state index in [-0.39, 0.29) is 5.75 Å². The summed E-state index contributed by atoms with van der Waals surface area (Å²) in [6.07, 6.45) is 0.275. The summed E-state index contributed by atoms with van der Waals surface area (Å²) in [5.41, 5.74) is 2.22. The van der Waals surface area contributed by atoms with Crippen LogP contribution < -0.4 is 4.74 Å². The van der Waals surface area contributed by atoms with Crippen LogP contribution in [0.25, 0.3) is 0 Å². The molecule has 0 fully saturated rings. The van der Waals surface area contributed by atoms with Crippen LogP contribution in [0.3, 0.4) is 0 Å². The van der Waals surface area contributed by atoms with E-state index in [1.165, 1.54) is 23.4 Å². The van der Waals surface area contributed by atoms with Gasteiger partial charge in [-0.2, -0.15) is 0 Å². The van der Waals surface area contributed by atoms with E-state index in [1.807, 2.05) is 23.6 Å². The maximum absolute atomic E-state index is 13.7. The van der Waals surface area contributed by atoms with Crippen molar-refractivity contribution < 1.29 is 13.5 Å². The van der Waals surface area contributed by atoms with Gasteiger partial charge in [-0.15, -0.1) is 21.5 Å². The summed E-state index contributed by atoms with van der Waals surface area (Å²) in [6.45, 7) is 1.74. The Morgan fingerprint density at radius 3 is 2.72 bits per heavy atom. The van der Waals surface area contributed by atoms with Gasteiger partial charge < -0.3 is 9.15 Å². The molecule has 0 aliphatic heterocycles. The van der Waals surface area contributed by atoms with Crippen LogP contribution in [0.15, 0.2) is 69.6 Å². The lowest BCUT2D eigenvalue weighted by Gasteiger charge is -2.11. The topological polar surface area (TPSA) is 61.0 Å². The molecule has 1 unspecified atom stereocenters. The Balaban J connectivity index is 1.32. The molecule has 2 aromatic heterocycles. The molecule has 0 saturated heterocycles. The highest BCUT2D eigenvalue weighted by molar-refractivity contribution is 7.98. The highest BCUT2D eigenvalue weighted by atomic mass is 32.2. The average molecular weight is 428 g/mol. The van der Waals surface area contributed by atoms with Gasteiger partial charge in [-0.1, -0.05) is 54.2 Å². The fraction of sp³-hybridized carbons (Fsp3) is 0.190. The first-order valence-corrected chi connectivity index (χ1v) is 10.9. The van der Waals surface area contributed by atoms with Crippen molar-refractivity contribution in [2.45, 2.75) is 30.4 Å². The van der Waals surface area contributed by atoms with Crippen LogP contribution in [0, 0.1) is 5.82 Å². The fourth-order valence-corrected chi connectivity index (χ4v) is 4.22. The molecule has 0 amide bonds. The van der Waals surface area contributed by atoms with Gasteiger partial charge in [0.2, 0.25) is 0 Å². The summed E-state index contributed by atoms with van der Waals surface area (Å²) in [4.78, 5) is 4.67. The minimum atomic E-state index is -0.550. The third-order valence-corrected chi connectivity index (χ3v) is 5.80. The highest BCUT2D eigenvalue weighted by Gasteiger charge is 2.18. The molecule has 0 aliphatic rings. The number of nitrogens with zero attached hydrogens (tertiary/aromatic N) is 3. The van der Waals surface area contributed by atoms with Crippen LogP contribution in [-0.2, 0) is 12.2 Å². The van der Waals surface area contributed by atoms with E-state index < -0.39 is 11.9 Å². The molecule has 0 radical (unpaired) electrons. The highest BCUT2D eigenvalue weighted by Crippen LogP contribution is 2.27. The first-order valence-electron chi connectivity index (χ1n) is 9.02. The number of hydrogen-bond donors (Lipinski definition) is 0. The first kappa shape index (κ1) is 19.6. The van der Waals surface area contributed by atoms with Crippen molar-refractivity contribution in [3.05, 3.63) is 88.0 Å². The van der Waals surface area contributed by atoms with Gasteiger partial charge in [0.25, 0.3) is 11.1 Å². The third kappa shape index (κ3) is 5.21. The van der Waals surface area contributed by atoms with Crippen LogP contribution in [0.4, 0.5) is 4.39 Å². The van der Waals surface area contributed by atoms with E-state index in [2.05, 4.69) is 27.3 Å². The predicted molar refractivity (Wildman–Crippen MR) is 111 cm³/mol. The third-order valence-electron chi connectivity index (χ3n) is 4.05. The number of para-hydroxylation sites is 1. The van der Waals surface area contributed by atoms with Crippen LogP contribution in [0.2, 0.25) is 0 Å². The van der Waals surface area contributed by atoms with Gasteiger partial charge in [0.05, 0.1) is 10.7 Å². The summed E-state index contributed by atoms with van der Waals surface area (Å²) >= 11 is 3.06. The van der Waals surface area contributed by atoms with Crippen molar-refractivity contribution in [2.75, 3.05) is 0 Å². The van der Waals surface area contributed by atoms with Crippen LogP contribution in [-0.4, -0.2) is 15.2 Å². The zero-order valence-corrected chi connectivity index (χ0v) is 17.3. The zero-order chi connectivity index (χ0) is 20.1. The quantitative estimate of drug-likeness (QED) is 0.337. The number of ether oxygens (including phenoxy) is 1. The number of thiazole rings is 1. The molecule has 2 heterocycles. The van der Waals surface area contributed by atoms with Gasteiger partial charge in [-0.3, -0.25) is 0 Å². The maximum Gasteiger partial charge on any atom is 0.277 e. The smallest absolute Gasteiger partial charge is 0.277 e. The minimum absolute atomic E-state index is 0.154. The minimum Gasteiger partial charge on any atom is -0.478 e. The van der Waals surface area contributed by atoms with Crippen molar-refractivity contribution >= 4 is 23.1 Å². The van der Waals surface area contributed by atoms with Crippen LogP contribution >= 0.6 is 23.1 Å². The SMILES string of the molecule is CC(Oc1ccccc1F)c1nnc(SCc2csc(Cc3ccccc3)n2)o1. The summed E-state index contributed by atoms with van der Waals surface area (Å²) < 4.78 is 24.9. The number of rotatable bonds is 8. The summed E-state index contributed by atoms with van der Waals surface area (Å²) in [5, 5.41) is 11.6. The molecule has 148 valence electrons. The van der Waals surface area contributed by atoms with E-state index in [0.717, 1.165) is 17.1 Å². The average Bonchev–Trinajstić information content (AvgIpc) is 3.38. The molecule has 0 spiro atoms. The molecule has 2 aromatic carbocycles. The van der Waals surface area contributed by atoms with Gasteiger partial charge in [-0.25, -0.2) is 9.37 Å². The maximum atomic E-state index is 13.7. The molecule has 5 nitrogen and oxygen atoms in total. The van der Waals surface area contributed by atoms with Crippen molar-refractivity contribution in [2.24, 2.45) is 0 Å². The molecule has 4 rings (SSSR count). The summed E-state index contributed by atoms with van der Waals surface area (Å²) in [6, 6.07) is 16.5. The Bertz CT molecular complexity index is 1070. The fourth-order valence-electron chi connectivity index (χ4n) is 2.63. The van der Waals surface area contributed by atoms with Crippen LogP contribution in [0.5, 0.6) is 5.75 Å². The largest absolute Gasteiger partial charge is 0.478 e. The second kappa shape index (κ2) is 9.19. The second-order valence-corrected chi connectivity index (χ2v) is 8.15. The van der Waals surface area contributed by atoms with Crippen LogP contribution in [0.1, 0.15) is 35.2 Å². The summed E-state index contributed by atoms with van der Waals surface area (Å²) in [5.74, 6) is 0.665. The zero-order valence-electron chi connectivity index (χ0n) is 15.6. The van der Waals surface area contributed by atoms with Crippen molar-refractivity contribution in [1.82, 2.24) is 15.2 Å². The van der Waals surface area contributed by atoms with Crippen molar-refractivity contribution in [1.29, 1.82) is 0 Å². The number of halogens is 1. The molecule has 0 saturated carbocycles. The van der Waals surface area contributed by atoms with Gasteiger partial charge >= 0.3 is 0 Å². The second-order valence-electron chi connectivity index (χ2n) is 6.28. The van der Waals surface area contributed by atoms with Gasteiger partial charge in [0.1, 0.15) is 0 Å². The van der Waals surface area contributed by atoms with E-state index in [0.29, 0.717) is 16.9 Å². The first-order chi connectivity index (χ1) is 14.2. The molecule has 8 heteroatoms. The molecule has 0 aliphatic carbocycles. The molecule has 0 bridgehead atoms. The van der Waals surface area contributed by atoms with E-state index in [1.54, 1.807) is 36.5 Å². The van der Waals surface area contributed by atoms with Gasteiger partial charge in [0, 0.05) is 17.6 Å². The standard InChI is InChI=1S/C21H18FN3O2S2/c1-14(26-18-10-6-5-9-17(18)22)20-24-25-21(27-20)29-13-16-12-28-19(23-16)11-15-7-3-2-4-8-15/h2-10,12,14H,11,13H2,1H3. The predicted octanol–water partition coefficient (Wildman–Crippen LogP) is 5.69. The normalized spacial score (nSPS) is 12.1. The lowest BCUT2D eigenvalue weighted by atomic mass is 10.2. The lowest BCUT2D eigenvalue weighted by Crippen LogP contribution is -2.04. The number of aromatic nitrogens is 3. The Morgan fingerprint density at radius 1 is 1.10 bits per heavy atom. The van der Waals surface area contributed by atoms with Crippen molar-refractivity contribution in [3.63, 3.8) is 0 Å². The Kier molecular flexibility index (Phi) is 6.21. The Hall–Kier alpha value is -2.71. The molecule has 29 heavy (non-hydrogen) atoms. The van der Waals surface area contributed by atoms with E-state index in [9.17, 15) is 4.39 Å². The molecule has 1 atom stereocenters. The van der Waals surface area contributed by atoms with E-state index in [4.69, 9.17) is 9.15 Å². The number of thioether (sulfide) groups is 1. The van der Waals surface area contributed by atoms with E-state index >= 15 is 0 Å². The summed E-state index contributed by atoms with van der Waals surface area (Å²) in [7, 11) is 0.